The molecule has 0 saturated heterocycles. The molecule has 1 heterocycles. The quantitative estimate of drug-likeness (QED) is 0.943. The van der Waals surface area contributed by atoms with E-state index in [4.69, 9.17) is 11.6 Å². The molecule has 6 heteroatoms. The molecule has 0 aliphatic heterocycles. The lowest BCUT2D eigenvalue weighted by Gasteiger charge is -2.08. The smallest absolute Gasteiger partial charge is 0.0854 e. The van der Waals surface area contributed by atoms with Crippen LogP contribution in [0.4, 0.5) is 0 Å². The topological polar surface area (TPSA) is 42.7 Å². The highest BCUT2D eigenvalue weighted by atomic mass is 79.9. The molecule has 0 saturated carbocycles. The molecule has 0 aliphatic carbocycles. The first-order valence-electron chi connectivity index (χ1n) is 5.28. The largest absolute Gasteiger partial charge is 0.311 e. The van der Waals surface area contributed by atoms with Crippen molar-refractivity contribution in [2.45, 2.75) is 13.5 Å². The average Bonchev–Trinajstić information content (AvgIpc) is 2.74. The van der Waals surface area contributed by atoms with Gasteiger partial charge < -0.3 is 5.32 Å². The monoisotopic (exact) mass is 314 g/mol. The highest BCUT2D eigenvalue weighted by Gasteiger charge is 2.09. The lowest BCUT2D eigenvalue weighted by molar-refractivity contribution is 0.672. The van der Waals surface area contributed by atoms with E-state index in [0.717, 1.165) is 28.9 Å². The maximum absolute atomic E-state index is 6.19. The number of benzene rings is 1. The molecule has 4 nitrogen and oxygen atoms in total. The van der Waals surface area contributed by atoms with Gasteiger partial charge in [0.05, 0.1) is 22.6 Å². The van der Waals surface area contributed by atoms with Crippen LogP contribution in [0.2, 0.25) is 5.02 Å². The first kappa shape index (κ1) is 12.5. The minimum absolute atomic E-state index is 0.641. The molecule has 0 radical (unpaired) electrons. The number of rotatable bonds is 4. The van der Waals surface area contributed by atoms with Crippen molar-refractivity contribution in [1.82, 2.24) is 20.3 Å². The summed E-state index contributed by atoms with van der Waals surface area (Å²) in [5, 5.41) is 11.9. The third kappa shape index (κ3) is 2.86. The maximum atomic E-state index is 6.19. The van der Waals surface area contributed by atoms with Crippen molar-refractivity contribution in [2.75, 3.05) is 6.54 Å². The lowest BCUT2D eigenvalue weighted by atomic mass is 10.3. The zero-order valence-electron chi connectivity index (χ0n) is 9.32. The molecule has 1 N–H and O–H groups in total. The second-order valence-electron chi connectivity index (χ2n) is 3.51. The standard InChI is InChI=1S/C11H12BrClN4/c1-2-14-6-9-7-15-16-17(9)11-4-3-8(12)5-10(11)13/h3-5,7,14H,2,6H2,1H3. The van der Waals surface area contributed by atoms with Gasteiger partial charge >= 0.3 is 0 Å². The van der Waals surface area contributed by atoms with Crippen LogP contribution >= 0.6 is 27.5 Å². The molecule has 2 aromatic rings. The molecule has 0 aliphatic rings. The van der Waals surface area contributed by atoms with Crippen molar-refractivity contribution in [1.29, 1.82) is 0 Å². The molecule has 90 valence electrons. The first-order chi connectivity index (χ1) is 8.22. The maximum Gasteiger partial charge on any atom is 0.0854 e. The van der Waals surface area contributed by atoms with Crippen molar-refractivity contribution >= 4 is 27.5 Å². The van der Waals surface area contributed by atoms with Gasteiger partial charge in [0.25, 0.3) is 0 Å². The molecule has 1 aromatic carbocycles. The zero-order valence-corrected chi connectivity index (χ0v) is 11.7. The van der Waals surface area contributed by atoms with E-state index in [9.17, 15) is 0 Å². The summed E-state index contributed by atoms with van der Waals surface area (Å²) in [6.07, 6.45) is 1.74. The van der Waals surface area contributed by atoms with Gasteiger partial charge in [-0.2, -0.15) is 0 Å². The molecule has 0 amide bonds. The van der Waals surface area contributed by atoms with Crippen LogP contribution in [0.1, 0.15) is 12.6 Å². The summed E-state index contributed by atoms with van der Waals surface area (Å²) in [6, 6.07) is 5.69. The number of aromatic nitrogens is 3. The minimum Gasteiger partial charge on any atom is -0.311 e. The highest BCUT2D eigenvalue weighted by Crippen LogP contribution is 2.24. The van der Waals surface area contributed by atoms with Crippen LogP contribution in [-0.2, 0) is 6.54 Å². The molecule has 0 spiro atoms. The van der Waals surface area contributed by atoms with Crippen LogP contribution in [0.25, 0.3) is 5.69 Å². The zero-order chi connectivity index (χ0) is 12.3. The fraction of sp³-hybridized carbons (Fsp3) is 0.273. The van der Waals surface area contributed by atoms with Gasteiger partial charge in [0.15, 0.2) is 0 Å². The van der Waals surface area contributed by atoms with Gasteiger partial charge in [-0.3, -0.25) is 0 Å². The van der Waals surface area contributed by atoms with Crippen LogP contribution in [0, 0.1) is 0 Å². The van der Waals surface area contributed by atoms with Gasteiger partial charge in [0, 0.05) is 11.0 Å². The Morgan fingerprint density at radius 1 is 1.47 bits per heavy atom. The van der Waals surface area contributed by atoms with Gasteiger partial charge in [0.2, 0.25) is 0 Å². The molecule has 1 aromatic heterocycles. The molecule has 0 unspecified atom stereocenters. The van der Waals surface area contributed by atoms with E-state index in [1.165, 1.54) is 0 Å². The molecule has 0 bridgehead atoms. The van der Waals surface area contributed by atoms with Gasteiger partial charge in [0.1, 0.15) is 0 Å². The Morgan fingerprint density at radius 2 is 2.29 bits per heavy atom. The fourth-order valence-corrected chi connectivity index (χ4v) is 2.24. The highest BCUT2D eigenvalue weighted by molar-refractivity contribution is 9.10. The van der Waals surface area contributed by atoms with Crippen molar-refractivity contribution in [3.63, 3.8) is 0 Å². The summed E-state index contributed by atoms with van der Waals surface area (Å²) in [7, 11) is 0. The van der Waals surface area contributed by atoms with Gasteiger partial charge in [-0.05, 0) is 24.7 Å². The summed E-state index contributed by atoms with van der Waals surface area (Å²) in [4.78, 5) is 0. The van der Waals surface area contributed by atoms with Crippen molar-refractivity contribution in [3.8, 4) is 5.69 Å². The van der Waals surface area contributed by atoms with Crippen molar-refractivity contribution < 1.29 is 0 Å². The van der Waals surface area contributed by atoms with Gasteiger partial charge in [-0.15, -0.1) is 5.10 Å². The predicted octanol–water partition coefficient (Wildman–Crippen LogP) is 2.79. The number of nitrogens with zero attached hydrogens (tertiary/aromatic N) is 3. The third-order valence-electron chi connectivity index (χ3n) is 2.31. The van der Waals surface area contributed by atoms with Crippen molar-refractivity contribution in [2.24, 2.45) is 0 Å². The van der Waals surface area contributed by atoms with E-state index in [0.29, 0.717) is 5.02 Å². The normalized spacial score (nSPS) is 10.8. The van der Waals surface area contributed by atoms with E-state index in [2.05, 4.69) is 38.5 Å². The second-order valence-corrected chi connectivity index (χ2v) is 4.84. The number of hydrogen-bond donors (Lipinski definition) is 1. The van der Waals surface area contributed by atoms with Crippen LogP contribution < -0.4 is 5.32 Å². The summed E-state index contributed by atoms with van der Waals surface area (Å²) in [5.74, 6) is 0. The Labute approximate surface area is 113 Å². The van der Waals surface area contributed by atoms with Crippen LogP contribution in [0.3, 0.4) is 0 Å². The molecule has 17 heavy (non-hydrogen) atoms. The first-order valence-corrected chi connectivity index (χ1v) is 6.45. The molecule has 0 atom stereocenters. The average molecular weight is 316 g/mol. The number of hydrogen-bond acceptors (Lipinski definition) is 3. The second kappa shape index (κ2) is 5.62. The third-order valence-corrected chi connectivity index (χ3v) is 3.11. The van der Waals surface area contributed by atoms with Crippen LogP contribution in [-0.4, -0.2) is 21.5 Å². The SMILES string of the molecule is CCNCc1cnnn1-c1ccc(Br)cc1Cl. The van der Waals surface area contributed by atoms with Crippen LogP contribution in [0.5, 0.6) is 0 Å². The van der Waals surface area contributed by atoms with Crippen molar-refractivity contribution in [3.05, 3.63) is 39.6 Å². The van der Waals surface area contributed by atoms with E-state index in [1.54, 1.807) is 10.9 Å². The summed E-state index contributed by atoms with van der Waals surface area (Å²) >= 11 is 9.57. The molecular weight excluding hydrogens is 304 g/mol. The Hall–Kier alpha value is -0.910. The molecule has 2 rings (SSSR count). The Balaban J connectivity index is 2.35. The number of halogens is 2. The minimum atomic E-state index is 0.641. The summed E-state index contributed by atoms with van der Waals surface area (Å²) < 4.78 is 2.69. The predicted molar refractivity (Wildman–Crippen MR) is 71.4 cm³/mol. The summed E-state index contributed by atoms with van der Waals surface area (Å²) in [6.45, 7) is 3.68. The van der Waals surface area contributed by atoms with Gasteiger partial charge in [-0.25, -0.2) is 4.68 Å². The van der Waals surface area contributed by atoms with E-state index in [1.807, 2.05) is 18.2 Å². The fourth-order valence-electron chi connectivity index (χ4n) is 1.49. The Bertz CT molecular complexity index is 512. The molecular formula is C11H12BrClN4. The molecule has 0 fully saturated rings. The van der Waals surface area contributed by atoms with Crippen LogP contribution in [0.15, 0.2) is 28.9 Å². The van der Waals surface area contributed by atoms with E-state index in [-0.39, 0.29) is 0 Å². The number of nitrogens with one attached hydrogen (secondary N) is 1. The van der Waals surface area contributed by atoms with E-state index >= 15 is 0 Å². The Kier molecular flexibility index (Phi) is 4.15. The van der Waals surface area contributed by atoms with E-state index < -0.39 is 0 Å². The van der Waals surface area contributed by atoms with Gasteiger partial charge in [-0.1, -0.05) is 39.7 Å². The lowest BCUT2D eigenvalue weighted by Crippen LogP contribution is -2.15. The Morgan fingerprint density at radius 3 is 3.00 bits per heavy atom. The summed E-state index contributed by atoms with van der Waals surface area (Å²) in [5.41, 5.74) is 1.82.